The summed E-state index contributed by atoms with van der Waals surface area (Å²) < 4.78 is 37.3. The summed E-state index contributed by atoms with van der Waals surface area (Å²) in [5.41, 5.74) is 0.987. The Bertz CT molecular complexity index is 1070. The van der Waals surface area contributed by atoms with E-state index in [1.165, 1.54) is 31.4 Å². The highest BCUT2D eigenvalue weighted by atomic mass is 32.2. The second-order valence-electron chi connectivity index (χ2n) is 7.45. The van der Waals surface area contributed by atoms with Crippen LogP contribution in [0.25, 0.3) is 6.08 Å². The van der Waals surface area contributed by atoms with Gasteiger partial charge in [0.2, 0.25) is 15.8 Å². The first kappa shape index (κ1) is 23.7. The number of nitrogens with zero attached hydrogens (tertiary/aromatic N) is 1. The van der Waals surface area contributed by atoms with E-state index >= 15 is 0 Å². The van der Waals surface area contributed by atoms with Gasteiger partial charge in [-0.1, -0.05) is 37.1 Å². The molecule has 0 aromatic heterocycles. The van der Waals surface area contributed by atoms with E-state index in [0.717, 1.165) is 25.7 Å². The summed E-state index contributed by atoms with van der Waals surface area (Å²) in [6.07, 6.45) is 6.57. The van der Waals surface area contributed by atoms with E-state index in [1.54, 1.807) is 40.7 Å². The Morgan fingerprint density at radius 1 is 0.969 bits per heavy atom. The minimum absolute atomic E-state index is 0.238. The van der Waals surface area contributed by atoms with Crippen LogP contribution in [0.2, 0.25) is 0 Å². The van der Waals surface area contributed by atoms with Crippen LogP contribution in [0.1, 0.15) is 41.6 Å². The molecular formula is C24H27NO6S. The zero-order valence-corrected chi connectivity index (χ0v) is 18.8. The van der Waals surface area contributed by atoms with Gasteiger partial charge in [0.15, 0.2) is 6.61 Å². The van der Waals surface area contributed by atoms with E-state index in [2.05, 4.69) is 0 Å². The molecule has 8 heteroatoms. The van der Waals surface area contributed by atoms with Crippen molar-refractivity contribution in [2.75, 3.05) is 26.8 Å². The van der Waals surface area contributed by atoms with Crippen molar-refractivity contribution in [3.05, 3.63) is 65.7 Å². The van der Waals surface area contributed by atoms with E-state index < -0.39 is 22.6 Å². The average Bonchev–Trinajstić information content (AvgIpc) is 3.11. The number of ether oxygens (including phenoxy) is 2. The number of methoxy groups -OCH3 is 1. The Hall–Kier alpha value is -2.97. The van der Waals surface area contributed by atoms with Crippen LogP contribution in [0.4, 0.5) is 0 Å². The monoisotopic (exact) mass is 457 g/mol. The number of ketones is 1. The fourth-order valence-electron chi connectivity index (χ4n) is 3.48. The fourth-order valence-corrected chi connectivity index (χ4v) is 5.00. The van der Waals surface area contributed by atoms with Crippen molar-refractivity contribution in [1.82, 2.24) is 4.31 Å². The molecule has 1 aliphatic rings. The van der Waals surface area contributed by atoms with Gasteiger partial charge in [-0.2, -0.15) is 4.31 Å². The number of Topliss-reactive ketones (excluding diaryl/α,β-unsaturated/α-hetero) is 1. The molecule has 2 aromatic rings. The smallest absolute Gasteiger partial charge is 0.331 e. The van der Waals surface area contributed by atoms with Crippen molar-refractivity contribution >= 4 is 27.9 Å². The number of rotatable bonds is 8. The summed E-state index contributed by atoms with van der Waals surface area (Å²) in [5, 5.41) is 0. The molecule has 7 nitrogen and oxygen atoms in total. The Morgan fingerprint density at radius 3 is 2.28 bits per heavy atom. The van der Waals surface area contributed by atoms with Gasteiger partial charge in [-0.05, 0) is 48.7 Å². The summed E-state index contributed by atoms with van der Waals surface area (Å²) >= 11 is 0. The Balaban J connectivity index is 1.57. The normalized spacial score (nSPS) is 15.3. The van der Waals surface area contributed by atoms with Gasteiger partial charge in [0, 0.05) is 19.2 Å². The summed E-state index contributed by atoms with van der Waals surface area (Å²) in [7, 11) is -2.05. The SMILES string of the molecule is COc1ccccc1C(=O)COC(=O)/C=C/c1ccc(S(=O)(=O)N2CCCCCC2)cc1. The number of benzene rings is 2. The van der Waals surface area contributed by atoms with E-state index in [0.29, 0.717) is 30.0 Å². The van der Waals surface area contributed by atoms with E-state index in [1.807, 2.05) is 0 Å². The van der Waals surface area contributed by atoms with Crippen molar-refractivity contribution in [2.45, 2.75) is 30.6 Å². The number of carbonyl (C=O) groups excluding carboxylic acids is 2. The largest absolute Gasteiger partial charge is 0.496 e. The van der Waals surface area contributed by atoms with Crippen LogP contribution >= 0.6 is 0 Å². The third-order valence-electron chi connectivity index (χ3n) is 5.25. The number of esters is 1. The standard InChI is InChI=1S/C24H27NO6S/c1-30-23-9-5-4-8-21(23)22(26)18-31-24(27)15-12-19-10-13-20(14-11-19)32(28,29)25-16-6-2-3-7-17-25/h4-5,8-15H,2-3,6-7,16-18H2,1H3/b15-12+. The number of hydrogen-bond acceptors (Lipinski definition) is 6. The van der Waals surface area contributed by atoms with Crippen LogP contribution in [0, 0.1) is 0 Å². The molecule has 2 aromatic carbocycles. The van der Waals surface area contributed by atoms with Gasteiger partial charge >= 0.3 is 5.97 Å². The van der Waals surface area contributed by atoms with Gasteiger partial charge < -0.3 is 9.47 Å². The van der Waals surface area contributed by atoms with E-state index in [9.17, 15) is 18.0 Å². The van der Waals surface area contributed by atoms with Crippen molar-refractivity contribution in [3.8, 4) is 5.75 Å². The number of carbonyl (C=O) groups is 2. The summed E-state index contributed by atoms with van der Waals surface area (Å²) in [5.74, 6) is -0.624. The first-order valence-corrected chi connectivity index (χ1v) is 12.0. The molecule has 1 heterocycles. The average molecular weight is 458 g/mol. The third kappa shape index (κ3) is 6.05. The first-order valence-electron chi connectivity index (χ1n) is 10.5. The lowest BCUT2D eigenvalue weighted by molar-refractivity contribution is -0.136. The lowest BCUT2D eigenvalue weighted by atomic mass is 10.1. The molecule has 0 saturated carbocycles. The highest BCUT2D eigenvalue weighted by molar-refractivity contribution is 7.89. The fraction of sp³-hybridized carbons (Fsp3) is 0.333. The van der Waals surface area contributed by atoms with E-state index in [-0.39, 0.29) is 10.7 Å². The number of sulfonamides is 1. The zero-order chi connectivity index (χ0) is 23.0. The Labute approximate surface area is 188 Å². The van der Waals surface area contributed by atoms with Gasteiger partial charge in [-0.3, -0.25) is 4.79 Å². The topological polar surface area (TPSA) is 90.0 Å². The number of para-hydroxylation sites is 1. The molecule has 0 radical (unpaired) electrons. The molecule has 0 N–H and O–H groups in total. The molecular weight excluding hydrogens is 430 g/mol. The molecule has 1 aliphatic heterocycles. The van der Waals surface area contributed by atoms with Crippen LogP contribution < -0.4 is 4.74 Å². The second-order valence-corrected chi connectivity index (χ2v) is 9.39. The molecule has 0 aliphatic carbocycles. The Kier molecular flexibility index (Phi) is 8.19. The second kappa shape index (κ2) is 11.1. The molecule has 0 atom stereocenters. The first-order chi connectivity index (χ1) is 15.4. The number of hydrogen-bond donors (Lipinski definition) is 0. The molecule has 0 amide bonds. The van der Waals surface area contributed by atoms with Crippen LogP contribution in [-0.4, -0.2) is 51.3 Å². The molecule has 1 saturated heterocycles. The van der Waals surface area contributed by atoms with E-state index in [4.69, 9.17) is 9.47 Å². The van der Waals surface area contributed by atoms with Crippen molar-refractivity contribution in [2.24, 2.45) is 0 Å². The predicted molar refractivity (Wildman–Crippen MR) is 121 cm³/mol. The molecule has 1 fully saturated rings. The lowest BCUT2D eigenvalue weighted by Gasteiger charge is -2.19. The third-order valence-corrected chi connectivity index (χ3v) is 7.16. The summed E-state index contributed by atoms with van der Waals surface area (Å²) in [6.45, 7) is 0.684. The zero-order valence-electron chi connectivity index (χ0n) is 18.0. The quantitative estimate of drug-likeness (QED) is 0.341. The molecule has 0 bridgehead atoms. The van der Waals surface area contributed by atoms with Crippen LogP contribution in [0.3, 0.4) is 0 Å². The predicted octanol–water partition coefficient (Wildman–Crippen LogP) is 3.70. The Morgan fingerprint density at radius 2 is 1.62 bits per heavy atom. The maximum Gasteiger partial charge on any atom is 0.331 e. The van der Waals surface area contributed by atoms with Crippen LogP contribution in [0.5, 0.6) is 5.75 Å². The van der Waals surface area contributed by atoms with Gasteiger partial charge in [-0.25, -0.2) is 13.2 Å². The summed E-state index contributed by atoms with van der Waals surface area (Å²) in [4.78, 5) is 24.5. The van der Waals surface area contributed by atoms with Crippen LogP contribution in [-0.2, 0) is 19.6 Å². The van der Waals surface area contributed by atoms with Gasteiger partial charge in [-0.15, -0.1) is 0 Å². The van der Waals surface area contributed by atoms with Gasteiger partial charge in [0.25, 0.3) is 0 Å². The molecule has 32 heavy (non-hydrogen) atoms. The van der Waals surface area contributed by atoms with Gasteiger partial charge in [0.05, 0.1) is 17.6 Å². The summed E-state index contributed by atoms with van der Waals surface area (Å²) in [6, 6.07) is 13.1. The molecule has 3 rings (SSSR count). The molecule has 0 spiro atoms. The van der Waals surface area contributed by atoms with Crippen molar-refractivity contribution in [3.63, 3.8) is 0 Å². The minimum Gasteiger partial charge on any atom is -0.496 e. The minimum atomic E-state index is -3.51. The van der Waals surface area contributed by atoms with Crippen molar-refractivity contribution in [1.29, 1.82) is 0 Å². The van der Waals surface area contributed by atoms with Gasteiger partial charge in [0.1, 0.15) is 5.75 Å². The maximum absolute atomic E-state index is 12.8. The molecule has 170 valence electrons. The maximum atomic E-state index is 12.8. The van der Waals surface area contributed by atoms with Crippen molar-refractivity contribution < 1.29 is 27.5 Å². The van der Waals surface area contributed by atoms with Crippen LogP contribution in [0.15, 0.2) is 59.5 Å². The lowest BCUT2D eigenvalue weighted by Crippen LogP contribution is -2.31. The molecule has 0 unspecified atom stereocenters. The highest BCUT2D eigenvalue weighted by Gasteiger charge is 2.24. The highest BCUT2D eigenvalue weighted by Crippen LogP contribution is 2.21.